The average Bonchev–Trinajstić information content (AvgIpc) is 3.58. The van der Waals surface area contributed by atoms with Gasteiger partial charge in [0.05, 0.1) is 26.5 Å². The molecule has 3 aromatic heterocycles. The van der Waals surface area contributed by atoms with E-state index in [0.717, 1.165) is 16.7 Å². The summed E-state index contributed by atoms with van der Waals surface area (Å²) >= 11 is 3.64. The monoisotopic (exact) mass is 509 g/mol. The fourth-order valence-electron chi connectivity index (χ4n) is 3.84. The molecule has 1 fully saturated rings. The van der Waals surface area contributed by atoms with E-state index in [0.29, 0.717) is 58.4 Å². The van der Waals surface area contributed by atoms with Crippen molar-refractivity contribution in [1.82, 2.24) is 24.5 Å². The Bertz CT molecular complexity index is 1300. The van der Waals surface area contributed by atoms with Gasteiger partial charge in [-0.2, -0.15) is 0 Å². The molecule has 0 atom stereocenters. The lowest BCUT2D eigenvalue weighted by molar-refractivity contribution is 0.327. The lowest BCUT2D eigenvalue weighted by atomic mass is 10.2. The summed E-state index contributed by atoms with van der Waals surface area (Å²) in [6.45, 7) is 2.45. The summed E-state index contributed by atoms with van der Waals surface area (Å²) in [7, 11) is 3.25. The van der Waals surface area contributed by atoms with Crippen molar-refractivity contribution in [3.8, 4) is 34.6 Å². The first kappa shape index (κ1) is 21.6. The average molecular weight is 510 g/mol. The summed E-state index contributed by atoms with van der Waals surface area (Å²) in [6.07, 6.45) is 3.36. The Morgan fingerprint density at radius 1 is 0.970 bits per heavy atom. The summed E-state index contributed by atoms with van der Waals surface area (Å²) in [6, 6.07) is 11.2. The predicted octanol–water partition coefficient (Wildman–Crippen LogP) is 5.01. The second-order valence-corrected chi connectivity index (χ2v) is 8.58. The quantitative estimate of drug-likeness (QED) is 0.330. The smallest absolute Gasteiger partial charge is 0.213 e. The Morgan fingerprint density at radius 3 is 2.36 bits per heavy atom. The maximum Gasteiger partial charge on any atom is 0.213 e. The number of ether oxygens (including phenoxy) is 3. The second kappa shape index (κ2) is 8.97. The number of rotatable bonds is 8. The number of halogens is 1. The van der Waals surface area contributed by atoms with Crippen molar-refractivity contribution in [3.05, 3.63) is 46.7 Å². The van der Waals surface area contributed by atoms with Gasteiger partial charge in [0.25, 0.3) is 0 Å². The van der Waals surface area contributed by atoms with Crippen molar-refractivity contribution in [2.45, 2.75) is 26.2 Å². The van der Waals surface area contributed by atoms with Crippen molar-refractivity contribution < 1.29 is 14.2 Å². The third-order valence-electron chi connectivity index (χ3n) is 5.57. The number of pyridine rings is 1. The number of nitrogens with zero attached hydrogens (tertiary/aromatic N) is 5. The van der Waals surface area contributed by atoms with E-state index in [2.05, 4.69) is 20.9 Å². The van der Waals surface area contributed by atoms with Gasteiger partial charge < -0.3 is 14.2 Å². The van der Waals surface area contributed by atoms with Crippen LogP contribution in [0.25, 0.3) is 28.5 Å². The number of hydrogen-bond acceptors (Lipinski definition) is 7. The van der Waals surface area contributed by atoms with Crippen LogP contribution in [0.2, 0.25) is 0 Å². The Labute approximate surface area is 200 Å². The third-order valence-corrected chi connectivity index (χ3v) is 6.20. The molecule has 0 radical (unpaired) electrons. The molecule has 0 unspecified atom stereocenters. The van der Waals surface area contributed by atoms with Crippen LogP contribution >= 0.6 is 15.9 Å². The second-order valence-electron chi connectivity index (χ2n) is 7.83. The van der Waals surface area contributed by atoms with Crippen LogP contribution in [0.1, 0.15) is 25.5 Å². The molecule has 0 bridgehead atoms. The van der Waals surface area contributed by atoms with Crippen LogP contribution in [0, 0.1) is 5.92 Å². The molecule has 1 saturated carbocycles. The van der Waals surface area contributed by atoms with E-state index < -0.39 is 0 Å². The van der Waals surface area contributed by atoms with Gasteiger partial charge in [-0.1, -0.05) is 12.1 Å². The third kappa shape index (κ3) is 4.13. The van der Waals surface area contributed by atoms with E-state index in [9.17, 15) is 0 Å². The van der Waals surface area contributed by atoms with Gasteiger partial charge in [-0.15, -0.1) is 0 Å². The molecule has 5 rings (SSSR count). The summed E-state index contributed by atoms with van der Waals surface area (Å²) in [5, 5.41) is 0. The molecular formula is C24H24BrN5O3. The number of methoxy groups -OCH3 is 2. The first-order valence-corrected chi connectivity index (χ1v) is 11.7. The van der Waals surface area contributed by atoms with E-state index in [1.165, 1.54) is 12.8 Å². The van der Waals surface area contributed by atoms with Gasteiger partial charge in [-0.25, -0.2) is 19.9 Å². The van der Waals surface area contributed by atoms with Crippen LogP contribution in [0.5, 0.6) is 17.4 Å². The molecule has 1 aliphatic rings. The van der Waals surface area contributed by atoms with Gasteiger partial charge in [0, 0.05) is 6.07 Å². The van der Waals surface area contributed by atoms with E-state index in [4.69, 9.17) is 29.2 Å². The molecule has 3 heterocycles. The van der Waals surface area contributed by atoms with Crippen LogP contribution in [0.3, 0.4) is 0 Å². The number of para-hydroxylation sites is 1. The molecule has 33 heavy (non-hydrogen) atoms. The maximum atomic E-state index is 5.69. The molecule has 0 N–H and O–H groups in total. The first-order valence-electron chi connectivity index (χ1n) is 10.9. The molecule has 1 aliphatic carbocycles. The Balaban J connectivity index is 1.80. The van der Waals surface area contributed by atoms with Crippen molar-refractivity contribution in [2.24, 2.45) is 5.92 Å². The van der Waals surface area contributed by atoms with Crippen LogP contribution in [-0.4, -0.2) is 45.3 Å². The first-order chi connectivity index (χ1) is 16.1. The van der Waals surface area contributed by atoms with Crippen LogP contribution in [-0.2, 0) is 6.42 Å². The van der Waals surface area contributed by atoms with Crippen LogP contribution < -0.4 is 14.2 Å². The molecule has 0 amide bonds. The lowest BCUT2D eigenvalue weighted by Gasteiger charge is -2.16. The highest BCUT2D eigenvalue weighted by atomic mass is 79.9. The zero-order valence-corrected chi connectivity index (χ0v) is 20.3. The van der Waals surface area contributed by atoms with E-state index in [1.54, 1.807) is 14.2 Å². The molecule has 1 aromatic carbocycles. The van der Waals surface area contributed by atoms with Gasteiger partial charge in [-0.3, -0.25) is 4.57 Å². The van der Waals surface area contributed by atoms with E-state index >= 15 is 0 Å². The highest BCUT2D eigenvalue weighted by Crippen LogP contribution is 2.39. The maximum absolute atomic E-state index is 5.69. The number of benzene rings is 1. The molecule has 170 valence electrons. The van der Waals surface area contributed by atoms with Crippen molar-refractivity contribution in [1.29, 1.82) is 0 Å². The summed E-state index contributed by atoms with van der Waals surface area (Å²) < 4.78 is 19.6. The van der Waals surface area contributed by atoms with E-state index in [1.807, 2.05) is 47.9 Å². The summed E-state index contributed by atoms with van der Waals surface area (Å²) in [5.74, 6) is 3.02. The van der Waals surface area contributed by atoms with Gasteiger partial charge in [-0.05, 0) is 66.2 Å². The molecule has 0 saturated heterocycles. The number of hydrogen-bond donors (Lipinski definition) is 0. The highest BCUT2D eigenvalue weighted by Gasteiger charge is 2.27. The highest BCUT2D eigenvalue weighted by molar-refractivity contribution is 9.10. The van der Waals surface area contributed by atoms with Crippen LogP contribution in [0.15, 0.2) is 41.0 Å². The van der Waals surface area contributed by atoms with Crippen molar-refractivity contribution in [3.63, 3.8) is 0 Å². The van der Waals surface area contributed by atoms with Gasteiger partial charge in [0.15, 0.2) is 17.1 Å². The molecule has 0 aliphatic heterocycles. The summed E-state index contributed by atoms with van der Waals surface area (Å²) in [5.41, 5.74) is 3.36. The zero-order valence-electron chi connectivity index (χ0n) is 18.7. The zero-order chi connectivity index (χ0) is 22.9. The molecular weight excluding hydrogens is 486 g/mol. The van der Waals surface area contributed by atoms with Gasteiger partial charge in [0.1, 0.15) is 27.5 Å². The van der Waals surface area contributed by atoms with Crippen LogP contribution in [0.4, 0.5) is 0 Å². The largest absolute Gasteiger partial charge is 0.494 e. The Kier molecular flexibility index (Phi) is 5.88. The normalized spacial score (nSPS) is 13.3. The SMILES string of the molecule is CCOc1cccc(-c2nc3nc(CC4CC4)c(Br)nc3n2-c2c(OC)cccc2OC)n1. The topological polar surface area (TPSA) is 84.2 Å². The minimum atomic E-state index is 0.522. The Morgan fingerprint density at radius 2 is 1.70 bits per heavy atom. The minimum Gasteiger partial charge on any atom is -0.494 e. The molecule has 9 heteroatoms. The molecule has 8 nitrogen and oxygen atoms in total. The summed E-state index contributed by atoms with van der Waals surface area (Å²) in [4.78, 5) is 19.3. The van der Waals surface area contributed by atoms with E-state index in [-0.39, 0.29) is 0 Å². The Hall–Kier alpha value is -3.20. The predicted molar refractivity (Wildman–Crippen MR) is 128 cm³/mol. The van der Waals surface area contributed by atoms with Gasteiger partial charge in [0.2, 0.25) is 5.88 Å². The minimum absolute atomic E-state index is 0.522. The van der Waals surface area contributed by atoms with Gasteiger partial charge >= 0.3 is 0 Å². The molecule has 0 spiro atoms. The molecule has 4 aromatic rings. The number of imidazole rings is 1. The fraction of sp³-hybridized carbons (Fsp3) is 0.333. The number of aromatic nitrogens is 5. The lowest BCUT2D eigenvalue weighted by Crippen LogP contribution is -2.06. The fourth-order valence-corrected chi connectivity index (χ4v) is 4.25. The number of fused-ring (bicyclic) bond motifs is 1. The standard InChI is InChI=1S/C24H24BrN5O3/c1-4-33-19-10-5-7-15(26-19)23-29-22-24(28-21(25)16(27-22)13-14-11-12-14)30(23)20-17(31-2)8-6-9-18(20)32-3/h5-10,14H,4,11-13H2,1-3H3. The van der Waals surface area contributed by atoms with Crippen molar-refractivity contribution >= 4 is 27.2 Å². The van der Waals surface area contributed by atoms with Crippen molar-refractivity contribution in [2.75, 3.05) is 20.8 Å².